The van der Waals surface area contributed by atoms with Gasteiger partial charge in [-0.25, -0.2) is 13.8 Å². The van der Waals surface area contributed by atoms with Gasteiger partial charge in [0, 0.05) is 25.2 Å². The third kappa shape index (κ3) is 2.39. The molecule has 0 saturated carbocycles. The van der Waals surface area contributed by atoms with E-state index in [4.69, 9.17) is 0 Å². The zero-order valence-electron chi connectivity index (χ0n) is 9.65. The summed E-state index contributed by atoms with van der Waals surface area (Å²) in [5, 5.41) is 4.96. The van der Waals surface area contributed by atoms with Gasteiger partial charge in [-0.1, -0.05) is 0 Å². The summed E-state index contributed by atoms with van der Waals surface area (Å²) in [7, 11) is 3.46. The molecule has 0 bridgehead atoms. The Balaban J connectivity index is 2.37. The van der Waals surface area contributed by atoms with Crippen LogP contribution < -0.4 is 10.2 Å². The second-order valence-corrected chi connectivity index (χ2v) is 4.61. The molecule has 1 N–H and O–H groups in total. The molecule has 4 nitrogen and oxygen atoms in total. The third-order valence-corrected chi connectivity index (χ3v) is 3.21. The first-order chi connectivity index (χ1) is 8.13. The van der Waals surface area contributed by atoms with Gasteiger partial charge in [-0.05, 0) is 7.05 Å². The van der Waals surface area contributed by atoms with Gasteiger partial charge in [0.25, 0.3) is 6.43 Å². The molecule has 0 aromatic carbocycles. The molecule has 0 aliphatic carbocycles. The van der Waals surface area contributed by atoms with Crippen molar-refractivity contribution >= 4 is 22.1 Å². The third-order valence-electron chi connectivity index (χ3n) is 2.46. The lowest BCUT2D eigenvalue weighted by atomic mass is 10.4. The minimum atomic E-state index is -2.36. The maximum Gasteiger partial charge on any atom is 0.255 e. The van der Waals surface area contributed by atoms with Crippen LogP contribution in [0.25, 0.3) is 4.96 Å². The van der Waals surface area contributed by atoms with Crippen LogP contribution in [0.5, 0.6) is 0 Å². The number of anilines is 1. The van der Waals surface area contributed by atoms with E-state index in [9.17, 15) is 8.78 Å². The number of imidazole rings is 1. The van der Waals surface area contributed by atoms with Crippen LogP contribution in [-0.2, 0) is 6.54 Å². The predicted octanol–water partition coefficient (Wildman–Crippen LogP) is 1.82. The minimum absolute atomic E-state index is 0.304. The first kappa shape index (κ1) is 12.3. The molecule has 0 aliphatic rings. The predicted molar refractivity (Wildman–Crippen MR) is 65.1 cm³/mol. The first-order valence-electron chi connectivity index (χ1n) is 5.21. The lowest BCUT2D eigenvalue weighted by molar-refractivity contribution is 0.156. The van der Waals surface area contributed by atoms with E-state index in [1.54, 1.807) is 7.05 Å². The first-order valence-corrected chi connectivity index (χ1v) is 6.09. The van der Waals surface area contributed by atoms with Gasteiger partial charge in [0.05, 0.1) is 12.2 Å². The fraction of sp³-hybridized carbons (Fsp3) is 0.500. The summed E-state index contributed by atoms with van der Waals surface area (Å²) >= 11 is 1.49. The van der Waals surface area contributed by atoms with E-state index in [0.717, 1.165) is 10.7 Å². The van der Waals surface area contributed by atoms with Gasteiger partial charge >= 0.3 is 0 Å². The number of nitrogens with zero attached hydrogens (tertiary/aromatic N) is 3. The quantitative estimate of drug-likeness (QED) is 0.890. The molecule has 2 aromatic rings. The second kappa shape index (κ2) is 4.97. The summed E-state index contributed by atoms with van der Waals surface area (Å²) in [4.78, 5) is 6.70. The lowest BCUT2D eigenvalue weighted by Gasteiger charge is -2.17. The van der Waals surface area contributed by atoms with Crippen LogP contribution in [0.1, 0.15) is 5.69 Å². The Morgan fingerprint density at radius 2 is 2.35 bits per heavy atom. The molecule has 0 unspecified atom stereocenters. The molecule has 2 rings (SSSR count). The highest BCUT2D eigenvalue weighted by molar-refractivity contribution is 7.15. The van der Waals surface area contributed by atoms with Crippen molar-refractivity contribution in [3.63, 3.8) is 0 Å². The number of fused-ring (bicyclic) bond motifs is 1. The van der Waals surface area contributed by atoms with E-state index >= 15 is 0 Å². The molecule has 7 heteroatoms. The van der Waals surface area contributed by atoms with Gasteiger partial charge in [-0.15, -0.1) is 11.3 Å². The maximum atomic E-state index is 12.4. The number of halogens is 2. The molecule has 0 radical (unpaired) electrons. The summed E-state index contributed by atoms with van der Waals surface area (Å²) in [5.74, 6) is 0.617. The van der Waals surface area contributed by atoms with Crippen LogP contribution in [0.2, 0.25) is 0 Å². The Morgan fingerprint density at radius 1 is 1.59 bits per heavy atom. The van der Waals surface area contributed by atoms with Crippen molar-refractivity contribution in [3.05, 3.63) is 17.3 Å². The monoisotopic (exact) mass is 260 g/mol. The fourth-order valence-electron chi connectivity index (χ4n) is 1.75. The largest absolute Gasteiger partial charge is 0.352 e. The lowest BCUT2D eigenvalue weighted by Crippen LogP contribution is -2.26. The topological polar surface area (TPSA) is 32.6 Å². The van der Waals surface area contributed by atoms with Gasteiger partial charge < -0.3 is 10.2 Å². The molecule has 17 heavy (non-hydrogen) atoms. The second-order valence-electron chi connectivity index (χ2n) is 3.74. The number of hydrogen-bond acceptors (Lipinski definition) is 4. The molecule has 94 valence electrons. The van der Waals surface area contributed by atoms with Crippen molar-refractivity contribution in [2.45, 2.75) is 13.0 Å². The average Bonchev–Trinajstić information content (AvgIpc) is 2.79. The van der Waals surface area contributed by atoms with E-state index in [0.29, 0.717) is 12.4 Å². The highest BCUT2D eigenvalue weighted by Gasteiger charge is 2.18. The molecular formula is C10H14F2N4S. The smallest absolute Gasteiger partial charge is 0.255 e. The van der Waals surface area contributed by atoms with Crippen LogP contribution >= 0.6 is 11.3 Å². The Hall–Kier alpha value is -1.21. The van der Waals surface area contributed by atoms with Crippen LogP contribution in [-0.4, -0.2) is 36.5 Å². The fourth-order valence-corrected chi connectivity index (χ4v) is 2.48. The zero-order chi connectivity index (χ0) is 12.4. The standard InChI is InChI=1S/C10H14F2N4S/c1-13-5-7-9(15(2)6-8(11)12)14-10-16(7)3-4-17-10/h3-4,8,13H,5-6H2,1-2H3. The van der Waals surface area contributed by atoms with Crippen LogP contribution in [0.3, 0.4) is 0 Å². The van der Waals surface area contributed by atoms with E-state index in [1.807, 2.05) is 23.0 Å². The van der Waals surface area contributed by atoms with E-state index < -0.39 is 6.43 Å². The van der Waals surface area contributed by atoms with Gasteiger partial charge in [0.1, 0.15) is 0 Å². The Kier molecular flexibility index (Phi) is 3.58. The van der Waals surface area contributed by atoms with Crippen molar-refractivity contribution < 1.29 is 8.78 Å². The van der Waals surface area contributed by atoms with Gasteiger partial charge in [-0.2, -0.15) is 0 Å². The molecule has 0 spiro atoms. The molecular weight excluding hydrogens is 246 g/mol. The highest BCUT2D eigenvalue weighted by Crippen LogP contribution is 2.24. The van der Waals surface area contributed by atoms with Crippen LogP contribution in [0, 0.1) is 0 Å². The summed E-state index contributed by atoms with van der Waals surface area (Å²) in [6.07, 6.45) is -0.457. The molecule has 0 fully saturated rings. The number of nitrogens with one attached hydrogen (secondary N) is 1. The molecule has 0 aliphatic heterocycles. The summed E-state index contributed by atoms with van der Waals surface area (Å²) in [6, 6.07) is 0. The number of rotatable bonds is 5. The number of hydrogen-bond donors (Lipinski definition) is 1. The Labute approximate surface area is 102 Å². The van der Waals surface area contributed by atoms with Crippen molar-refractivity contribution in [1.29, 1.82) is 0 Å². The number of aromatic nitrogens is 2. The molecule has 0 atom stereocenters. The number of alkyl halides is 2. The Morgan fingerprint density at radius 3 is 3.00 bits per heavy atom. The van der Waals surface area contributed by atoms with Crippen LogP contribution in [0.4, 0.5) is 14.6 Å². The van der Waals surface area contributed by atoms with E-state index in [1.165, 1.54) is 16.2 Å². The summed E-state index contributed by atoms with van der Waals surface area (Å²) < 4.78 is 26.7. The van der Waals surface area contributed by atoms with Gasteiger partial charge in [0.2, 0.25) is 0 Å². The normalized spacial score (nSPS) is 11.6. The highest BCUT2D eigenvalue weighted by atomic mass is 32.1. The van der Waals surface area contributed by atoms with Gasteiger partial charge in [-0.3, -0.25) is 4.40 Å². The van der Waals surface area contributed by atoms with E-state index in [-0.39, 0.29) is 6.54 Å². The van der Waals surface area contributed by atoms with E-state index in [2.05, 4.69) is 10.3 Å². The van der Waals surface area contributed by atoms with Gasteiger partial charge in [0.15, 0.2) is 10.8 Å². The Bertz CT molecular complexity index is 493. The summed E-state index contributed by atoms with van der Waals surface area (Å²) in [6.45, 7) is 0.294. The van der Waals surface area contributed by atoms with Crippen molar-refractivity contribution in [2.24, 2.45) is 0 Å². The number of thiazole rings is 1. The molecule has 2 heterocycles. The molecule has 2 aromatic heterocycles. The average molecular weight is 260 g/mol. The molecule has 0 saturated heterocycles. The van der Waals surface area contributed by atoms with Crippen molar-refractivity contribution in [2.75, 3.05) is 25.5 Å². The minimum Gasteiger partial charge on any atom is -0.352 e. The zero-order valence-corrected chi connectivity index (χ0v) is 10.5. The molecule has 0 amide bonds. The van der Waals surface area contributed by atoms with Crippen LogP contribution in [0.15, 0.2) is 11.6 Å². The van der Waals surface area contributed by atoms with Crippen molar-refractivity contribution in [3.8, 4) is 0 Å². The SMILES string of the molecule is CNCc1c(N(C)CC(F)F)nc2sccn12. The summed E-state index contributed by atoms with van der Waals surface area (Å²) in [5.41, 5.74) is 0.909. The maximum absolute atomic E-state index is 12.4. The van der Waals surface area contributed by atoms with Crippen molar-refractivity contribution in [1.82, 2.24) is 14.7 Å².